The maximum atomic E-state index is 13.8. The molecule has 2 aliphatic heterocycles. The van der Waals surface area contributed by atoms with E-state index in [2.05, 4.69) is 25.4 Å². The molecule has 34 heavy (non-hydrogen) atoms. The molecule has 1 aromatic carbocycles. The molecule has 174 valence electrons. The number of morpholine rings is 1. The first kappa shape index (κ1) is 22.3. The number of hydrogen-bond acceptors (Lipinski definition) is 8. The average molecular weight is 483 g/mol. The molecule has 2 atom stereocenters. The van der Waals surface area contributed by atoms with Crippen LogP contribution < -0.4 is 0 Å². The predicted octanol–water partition coefficient (Wildman–Crippen LogP) is 1.55. The van der Waals surface area contributed by atoms with E-state index in [1.165, 1.54) is 17.1 Å². The number of halogens is 2. The lowest BCUT2D eigenvalue weighted by atomic mass is 10.0. The molecular formula is C22H20ClFN8O2. The maximum absolute atomic E-state index is 13.8. The van der Waals surface area contributed by atoms with E-state index < -0.39 is 5.82 Å². The smallest absolute Gasteiger partial charge is 0.227 e. The zero-order chi connectivity index (χ0) is 23.7. The summed E-state index contributed by atoms with van der Waals surface area (Å²) in [6, 6.07) is 8.30. The van der Waals surface area contributed by atoms with Crippen molar-refractivity contribution < 1.29 is 13.9 Å². The number of aromatic nitrogens is 5. The molecule has 0 N–H and O–H groups in total. The highest BCUT2D eigenvalue weighted by Crippen LogP contribution is 2.34. The number of hydrogen-bond donors (Lipinski definition) is 0. The van der Waals surface area contributed by atoms with Crippen LogP contribution in [0.15, 0.2) is 36.8 Å². The maximum Gasteiger partial charge on any atom is 0.227 e. The van der Waals surface area contributed by atoms with Crippen molar-refractivity contribution in [1.82, 2.24) is 35.0 Å². The molecule has 12 heteroatoms. The number of amides is 1. The number of nitrogens with zero attached hydrogens (tertiary/aromatic N) is 8. The number of ether oxygens (including phenoxy) is 1. The second kappa shape index (κ2) is 9.42. The summed E-state index contributed by atoms with van der Waals surface area (Å²) in [5.41, 5.74) is 1.25. The van der Waals surface area contributed by atoms with Crippen molar-refractivity contribution in [2.45, 2.75) is 18.6 Å². The summed E-state index contributed by atoms with van der Waals surface area (Å²) in [7, 11) is 0. The number of pyridine rings is 1. The van der Waals surface area contributed by atoms with Crippen LogP contribution in [0.3, 0.4) is 0 Å². The number of rotatable bonds is 4. The topological polar surface area (TPSA) is 113 Å². The van der Waals surface area contributed by atoms with Gasteiger partial charge in [0.1, 0.15) is 23.8 Å². The number of carbonyl (C=O) groups is 1. The first-order valence-corrected chi connectivity index (χ1v) is 11.1. The van der Waals surface area contributed by atoms with Crippen LogP contribution in [-0.4, -0.2) is 79.7 Å². The SMILES string of the molecule is N#Cc1c(F)ccc(C2CN3CCN(C(=O)Cc4ccc(-n5cnnn5)nc4)CC3CO2)c1Cl. The standard InChI is InChI=1S/C22H20ClFN8O2/c23-22-16(2-3-18(24)17(22)8-25)19-11-30-5-6-31(10-15(30)12-34-19)21(33)7-14-1-4-20(26-9-14)32-13-27-28-29-32/h1-4,9,13,15,19H,5-7,10-12H2. The number of tetrazole rings is 1. The minimum Gasteiger partial charge on any atom is -0.370 e. The molecule has 0 aliphatic carbocycles. The number of piperazine rings is 1. The average Bonchev–Trinajstić information content (AvgIpc) is 3.39. The fourth-order valence-electron chi connectivity index (χ4n) is 4.33. The Morgan fingerprint density at radius 3 is 2.88 bits per heavy atom. The molecule has 0 radical (unpaired) electrons. The van der Waals surface area contributed by atoms with Crippen molar-refractivity contribution in [3.63, 3.8) is 0 Å². The molecule has 2 unspecified atom stereocenters. The lowest BCUT2D eigenvalue weighted by Crippen LogP contribution is -2.59. The minimum atomic E-state index is -0.641. The van der Waals surface area contributed by atoms with Gasteiger partial charge in [0.15, 0.2) is 5.82 Å². The van der Waals surface area contributed by atoms with E-state index in [1.54, 1.807) is 18.3 Å². The van der Waals surface area contributed by atoms with Crippen molar-refractivity contribution in [2.75, 3.05) is 32.8 Å². The summed E-state index contributed by atoms with van der Waals surface area (Å²) in [5, 5.41) is 20.2. The molecule has 0 saturated carbocycles. The van der Waals surface area contributed by atoms with E-state index in [1.807, 2.05) is 17.0 Å². The predicted molar refractivity (Wildman–Crippen MR) is 117 cm³/mol. The quantitative estimate of drug-likeness (QED) is 0.550. The Bertz CT molecular complexity index is 1230. The molecule has 4 heterocycles. The third-order valence-electron chi connectivity index (χ3n) is 6.18. The second-order valence-electron chi connectivity index (χ2n) is 8.20. The van der Waals surface area contributed by atoms with Gasteiger partial charge in [-0.25, -0.2) is 9.37 Å². The van der Waals surface area contributed by atoms with Crippen LogP contribution in [0, 0.1) is 17.1 Å². The van der Waals surface area contributed by atoms with Gasteiger partial charge in [-0.2, -0.15) is 9.94 Å². The van der Waals surface area contributed by atoms with Gasteiger partial charge in [-0.3, -0.25) is 9.69 Å². The van der Waals surface area contributed by atoms with E-state index >= 15 is 0 Å². The molecule has 2 aromatic heterocycles. The number of nitriles is 1. The highest BCUT2D eigenvalue weighted by molar-refractivity contribution is 6.32. The van der Waals surface area contributed by atoms with Crippen molar-refractivity contribution >= 4 is 17.5 Å². The molecule has 2 fully saturated rings. The van der Waals surface area contributed by atoms with Crippen LogP contribution in [0.25, 0.3) is 5.82 Å². The summed E-state index contributed by atoms with van der Waals surface area (Å²) in [5.74, 6) is -0.0387. The second-order valence-corrected chi connectivity index (χ2v) is 8.58. The molecule has 3 aromatic rings. The van der Waals surface area contributed by atoms with E-state index in [-0.39, 0.29) is 35.1 Å². The number of fused-ring (bicyclic) bond motifs is 1. The summed E-state index contributed by atoms with van der Waals surface area (Å²) >= 11 is 6.27. The Labute approximate surface area is 199 Å². The molecule has 0 bridgehead atoms. The van der Waals surface area contributed by atoms with Gasteiger partial charge in [0.05, 0.1) is 30.2 Å². The van der Waals surface area contributed by atoms with Gasteiger partial charge in [-0.05, 0) is 28.1 Å². The third-order valence-corrected chi connectivity index (χ3v) is 6.58. The Balaban J connectivity index is 1.19. The molecule has 5 rings (SSSR count). The molecular weight excluding hydrogens is 463 g/mol. The van der Waals surface area contributed by atoms with Crippen molar-refractivity contribution in [1.29, 1.82) is 5.26 Å². The summed E-state index contributed by atoms with van der Waals surface area (Å²) < 4.78 is 21.3. The minimum absolute atomic E-state index is 0.0268. The van der Waals surface area contributed by atoms with Crippen LogP contribution in [-0.2, 0) is 16.0 Å². The molecule has 10 nitrogen and oxygen atoms in total. The van der Waals surface area contributed by atoms with Crippen LogP contribution >= 0.6 is 11.6 Å². The van der Waals surface area contributed by atoms with Gasteiger partial charge in [-0.1, -0.05) is 23.7 Å². The first-order chi connectivity index (χ1) is 16.5. The van der Waals surface area contributed by atoms with Gasteiger partial charge in [0.2, 0.25) is 5.91 Å². The van der Waals surface area contributed by atoms with Crippen molar-refractivity contribution in [3.8, 4) is 11.9 Å². The van der Waals surface area contributed by atoms with Gasteiger partial charge in [0, 0.05) is 37.9 Å². The van der Waals surface area contributed by atoms with Gasteiger partial charge < -0.3 is 9.64 Å². The Hall–Kier alpha value is -3.46. The number of carbonyl (C=O) groups excluding carboxylic acids is 1. The summed E-state index contributed by atoms with van der Waals surface area (Å²) in [6.07, 6.45) is 3.00. The lowest BCUT2D eigenvalue weighted by Gasteiger charge is -2.46. The fourth-order valence-corrected chi connectivity index (χ4v) is 4.65. The Morgan fingerprint density at radius 2 is 2.15 bits per heavy atom. The highest BCUT2D eigenvalue weighted by atomic mass is 35.5. The normalized spacial score (nSPS) is 20.6. The Kier molecular flexibility index (Phi) is 6.19. The summed E-state index contributed by atoms with van der Waals surface area (Å²) in [4.78, 5) is 21.3. The molecule has 2 saturated heterocycles. The van der Waals surface area contributed by atoms with Crippen LogP contribution in [0.5, 0.6) is 0 Å². The van der Waals surface area contributed by atoms with Crippen LogP contribution in [0.1, 0.15) is 22.8 Å². The highest BCUT2D eigenvalue weighted by Gasteiger charge is 2.36. The summed E-state index contributed by atoms with van der Waals surface area (Å²) in [6.45, 7) is 2.81. The van der Waals surface area contributed by atoms with E-state index in [0.717, 1.165) is 5.56 Å². The molecule has 2 aliphatic rings. The van der Waals surface area contributed by atoms with E-state index in [0.29, 0.717) is 44.2 Å². The van der Waals surface area contributed by atoms with Gasteiger partial charge >= 0.3 is 0 Å². The van der Waals surface area contributed by atoms with Gasteiger partial charge in [0.25, 0.3) is 0 Å². The van der Waals surface area contributed by atoms with Crippen LogP contribution in [0.2, 0.25) is 5.02 Å². The zero-order valence-corrected chi connectivity index (χ0v) is 18.8. The van der Waals surface area contributed by atoms with Crippen molar-refractivity contribution in [3.05, 3.63) is 64.3 Å². The van der Waals surface area contributed by atoms with Crippen molar-refractivity contribution in [2.24, 2.45) is 0 Å². The molecule has 0 spiro atoms. The van der Waals surface area contributed by atoms with Gasteiger partial charge in [-0.15, -0.1) is 5.10 Å². The fraction of sp³-hybridized carbons (Fsp3) is 0.364. The largest absolute Gasteiger partial charge is 0.370 e. The van der Waals surface area contributed by atoms with Crippen LogP contribution in [0.4, 0.5) is 4.39 Å². The third kappa shape index (κ3) is 4.35. The molecule has 1 amide bonds. The first-order valence-electron chi connectivity index (χ1n) is 10.7. The Morgan fingerprint density at radius 1 is 1.26 bits per heavy atom. The lowest BCUT2D eigenvalue weighted by molar-refractivity contribution is -0.139. The van der Waals surface area contributed by atoms with E-state index in [4.69, 9.17) is 16.3 Å². The monoisotopic (exact) mass is 482 g/mol. The zero-order valence-electron chi connectivity index (χ0n) is 18.0. The van der Waals surface area contributed by atoms with E-state index in [9.17, 15) is 14.4 Å². The number of benzene rings is 1.